The number of hydrogen-bond acceptors (Lipinski definition) is 4. The zero-order chi connectivity index (χ0) is 23.9. The van der Waals surface area contributed by atoms with E-state index in [-0.39, 0.29) is 17.6 Å². The lowest BCUT2D eigenvalue weighted by molar-refractivity contribution is -0.115. The van der Waals surface area contributed by atoms with E-state index in [4.69, 9.17) is 4.42 Å². The number of rotatable bonds is 8. The number of amides is 2. The van der Waals surface area contributed by atoms with E-state index >= 15 is 0 Å². The summed E-state index contributed by atoms with van der Waals surface area (Å²) in [6.07, 6.45) is 2.30. The molecule has 5 nitrogen and oxygen atoms in total. The van der Waals surface area contributed by atoms with E-state index in [1.807, 2.05) is 79.7 Å². The quantitative estimate of drug-likeness (QED) is 0.276. The molecule has 34 heavy (non-hydrogen) atoms. The van der Waals surface area contributed by atoms with Gasteiger partial charge < -0.3 is 15.1 Å². The smallest absolute Gasteiger partial charge is 0.291 e. The van der Waals surface area contributed by atoms with Crippen molar-refractivity contribution in [2.45, 2.75) is 30.4 Å². The number of anilines is 2. The Morgan fingerprint density at radius 3 is 2.32 bits per heavy atom. The molecule has 1 unspecified atom stereocenters. The molecule has 0 saturated carbocycles. The summed E-state index contributed by atoms with van der Waals surface area (Å²) in [5, 5.41) is 5.55. The molecule has 0 aliphatic carbocycles. The molecule has 2 N–H and O–H groups in total. The maximum Gasteiger partial charge on any atom is 0.291 e. The predicted molar refractivity (Wildman–Crippen MR) is 137 cm³/mol. The third kappa shape index (κ3) is 5.58. The van der Waals surface area contributed by atoms with Crippen molar-refractivity contribution in [3.8, 4) is 0 Å². The third-order valence-corrected chi connectivity index (χ3v) is 6.71. The Kier molecular flexibility index (Phi) is 7.50. The Bertz CT molecular complexity index is 1250. The Hall–Kier alpha value is -3.77. The molecule has 0 radical (unpaired) electrons. The summed E-state index contributed by atoms with van der Waals surface area (Å²) in [7, 11) is 0. The van der Waals surface area contributed by atoms with Crippen LogP contribution in [0.5, 0.6) is 0 Å². The van der Waals surface area contributed by atoms with Gasteiger partial charge in [-0.15, -0.1) is 11.8 Å². The van der Waals surface area contributed by atoms with E-state index < -0.39 is 5.25 Å². The zero-order valence-electron chi connectivity index (χ0n) is 19.1. The fraction of sp³-hybridized carbons (Fsp3) is 0.143. The minimum atomic E-state index is -0.436. The monoisotopic (exact) mass is 470 g/mol. The van der Waals surface area contributed by atoms with Crippen molar-refractivity contribution < 1.29 is 14.0 Å². The third-order valence-electron chi connectivity index (χ3n) is 5.44. The lowest BCUT2D eigenvalue weighted by atomic mass is 10.1. The average Bonchev–Trinajstić information content (AvgIpc) is 3.40. The van der Waals surface area contributed by atoms with E-state index in [2.05, 4.69) is 17.6 Å². The van der Waals surface area contributed by atoms with Gasteiger partial charge in [0.25, 0.3) is 5.91 Å². The van der Waals surface area contributed by atoms with Gasteiger partial charge in [-0.05, 0) is 66.4 Å². The van der Waals surface area contributed by atoms with Crippen molar-refractivity contribution in [1.29, 1.82) is 0 Å². The number of aryl methyl sites for hydroxylation is 2. The van der Waals surface area contributed by atoms with Crippen LogP contribution in [0.4, 0.5) is 11.4 Å². The molecule has 4 rings (SSSR count). The van der Waals surface area contributed by atoms with Crippen molar-refractivity contribution in [2.24, 2.45) is 0 Å². The molecule has 1 atom stereocenters. The highest BCUT2D eigenvalue weighted by Crippen LogP contribution is 2.37. The highest BCUT2D eigenvalue weighted by molar-refractivity contribution is 8.00. The first kappa shape index (κ1) is 23.4. The van der Waals surface area contributed by atoms with Crippen LogP contribution in [0.25, 0.3) is 0 Å². The van der Waals surface area contributed by atoms with Gasteiger partial charge in [0.1, 0.15) is 5.25 Å². The summed E-state index contributed by atoms with van der Waals surface area (Å²) in [4.78, 5) is 26.6. The van der Waals surface area contributed by atoms with Gasteiger partial charge in [-0.3, -0.25) is 9.59 Å². The van der Waals surface area contributed by atoms with Gasteiger partial charge in [0, 0.05) is 16.3 Å². The normalized spacial score (nSPS) is 11.6. The summed E-state index contributed by atoms with van der Waals surface area (Å²) in [6.45, 7) is 4.09. The van der Waals surface area contributed by atoms with Crippen LogP contribution < -0.4 is 10.6 Å². The van der Waals surface area contributed by atoms with Crippen LogP contribution >= 0.6 is 11.8 Å². The second-order valence-electron chi connectivity index (χ2n) is 7.82. The number of thioether (sulfide) groups is 1. The Morgan fingerprint density at radius 1 is 0.882 bits per heavy atom. The van der Waals surface area contributed by atoms with Gasteiger partial charge in [-0.2, -0.15) is 0 Å². The molecule has 0 bridgehead atoms. The molecule has 0 fully saturated rings. The number of carbonyl (C=O) groups is 2. The van der Waals surface area contributed by atoms with Crippen LogP contribution in [0, 0.1) is 6.92 Å². The first-order valence-electron chi connectivity index (χ1n) is 11.1. The maximum atomic E-state index is 13.5. The van der Waals surface area contributed by atoms with E-state index in [1.165, 1.54) is 18.0 Å². The average molecular weight is 471 g/mol. The number of hydrogen-bond donors (Lipinski definition) is 2. The number of furan rings is 1. The number of carbonyl (C=O) groups excluding carboxylic acids is 2. The van der Waals surface area contributed by atoms with Crippen molar-refractivity contribution >= 4 is 35.0 Å². The van der Waals surface area contributed by atoms with Gasteiger partial charge in [0.05, 0.1) is 6.26 Å². The molecule has 6 heteroatoms. The van der Waals surface area contributed by atoms with E-state index in [0.29, 0.717) is 5.69 Å². The topological polar surface area (TPSA) is 71.3 Å². The van der Waals surface area contributed by atoms with Crippen molar-refractivity contribution in [3.63, 3.8) is 0 Å². The highest BCUT2D eigenvalue weighted by Gasteiger charge is 2.23. The molecule has 0 spiro atoms. The molecule has 4 aromatic rings. The summed E-state index contributed by atoms with van der Waals surface area (Å²) in [5.41, 5.74) is 4.61. The largest absolute Gasteiger partial charge is 0.459 e. The lowest BCUT2D eigenvalue weighted by Gasteiger charge is -2.20. The van der Waals surface area contributed by atoms with Crippen LogP contribution in [-0.2, 0) is 11.2 Å². The van der Waals surface area contributed by atoms with Crippen LogP contribution in [0.2, 0.25) is 0 Å². The fourth-order valence-corrected chi connectivity index (χ4v) is 4.67. The standard InChI is InChI=1S/C28H26N2O3S/c1-3-20-12-7-9-19(2)25(20)30-28(32)26(21-10-5-4-6-11-21)34-23-16-14-22(15-17-23)29-27(31)24-13-8-18-33-24/h4-18,26H,3H2,1-2H3,(H,29,31)(H,30,32). The molecule has 0 saturated heterocycles. The Morgan fingerprint density at radius 2 is 1.65 bits per heavy atom. The first-order valence-corrected chi connectivity index (χ1v) is 12.0. The first-order chi connectivity index (χ1) is 16.5. The number of benzene rings is 3. The molecular formula is C28H26N2O3S. The molecular weight excluding hydrogens is 444 g/mol. The van der Waals surface area contributed by atoms with Crippen LogP contribution in [0.3, 0.4) is 0 Å². The minimum absolute atomic E-state index is 0.0737. The van der Waals surface area contributed by atoms with Gasteiger partial charge in [0.15, 0.2) is 5.76 Å². The van der Waals surface area contributed by atoms with Crippen molar-refractivity contribution in [1.82, 2.24) is 0 Å². The second kappa shape index (κ2) is 10.9. The Labute approximate surface area is 203 Å². The summed E-state index contributed by atoms with van der Waals surface area (Å²) in [6, 6.07) is 26.5. The van der Waals surface area contributed by atoms with E-state index in [9.17, 15) is 9.59 Å². The van der Waals surface area contributed by atoms with Crippen LogP contribution in [0.15, 0.2) is 101 Å². The van der Waals surface area contributed by atoms with Crippen LogP contribution in [0.1, 0.15) is 39.4 Å². The Balaban J connectivity index is 1.53. The molecule has 172 valence electrons. The van der Waals surface area contributed by atoms with Crippen molar-refractivity contribution in [3.05, 3.63) is 114 Å². The highest BCUT2D eigenvalue weighted by atomic mass is 32.2. The molecule has 1 aromatic heterocycles. The zero-order valence-corrected chi connectivity index (χ0v) is 19.9. The van der Waals surface area contributed by atoms with Gasteiger partial charge in [-0.1, -0.05) is 55.5 Å². The molecule has 0 aliphatic rings. The molecule has 2 amide bonds. The maximum absolute atomic E-state index is 13.5. The van der Waals surface area contributed by atoms with Crippen LogP contribution in [-0.4, -0.2) is 11.8 Å². The van der Waals surface area contributed by atoms with Gasteiger partial charge in [0.2, 0.25) is 5.91 Å². The van der Waals surface area contributed by atoms with Gasteiger partial charge >= 0.3 is 0 Å². The molecule has 0 aliphatic heterocycles. The second-order valence-corrected chi connectivity index (χ2v) is 8.99. The lowest BCUT2D eigenvalue weighted by Crippen LogP contribution is -2.20. The van der Waals surface area contributed by atoms with E-state index in [1.54, 1.807) is 12.1 Å². The van der Waals surface area contributed by atoms with E-state index in [0.717, 1.165) is 33.7 Å². The molecule has 3 aromatic carbocycles. The minimum Gasteiger partial charge on any atom is -0.459 e. The molecule has 1 heterocycles. The SMILES string of the molecule is CCc1cccc(C)c1NC(=O)C(Sc1ccc(NC(=O)c2ccco2)cc1)c1ccccc1. The summed E-state index contributed by atoms with van der Waals surface area (Å²) in [5.74, 6) is -0.130. The van der Waals surface area contributed by atoms with Gasteiger partial charge in [-0.25, -0.2) is 0 Å². The number of nitrogens with one attached hydrogen (secondary N) is 2. The number of para-hydroxylation sites is 1. The fourth-order valence-electron chi connectivity index (χ4n) is 3.64. The summed E-state index contributed by atoms with van der Waals surface area (Å²) < 4.78 is 5.13. The predicted octanol–water partition coefficient (Wildman–Crippen LogP) is 6.87. The van der Waals surface area contributed by atoms with Crippen molar-refractivity contribution in [2.75, 3.05) is 10.6 Å². The summed E-state index contributed by atoms with van der Waals surface area (Å²) >= 11 is 1.47.